The summed E-state index contributed by atoms with van der Waals surface area (Å²) in [7, 11) is 3.88. The topological polar surface area (TPSA) is 56.2 Å². The lowest BCUT2D eigenvalue weighted by Gasteiger charge is -2.27. The molecule has 0 radical (unpaired) electrons. The van der Waals surface area contributed by atoms with E-state index in [0.717, 1.165) is 24.4 Å². The van der Waals surface area contributed by atoms with Crippen molar-refractivity contribution in [1.82, 2.24) is 14.7 Å². The zero-order valence-corrected chi connectivity index (χ0v) is 14.6. The summed E-state index contributed by atoms with van der Waals surface area (Å²) in [6.07, 6.45) is 0.642. The number of likely N-dealkylation sites (tertiary alicyclic amines) is 1. The summed E-state index contributed by atoms with van der Waals surface area (Å²) in [5.74, 6) is 0.998. The summed E-state index contributed by atoms with van der Waals surface area (Å²) in [5.41, 5.74) is 0.335. The van der Waals surface area contributed by atoms with Gasteiger partial charge in [-0.1, -0.05) is 18.2 Å². The summed E-state index contributed by atoms with van der Waals surface area (Å²) in [4.78, 5) is 18.5. The Morgan fingerprint density at radius 1 is 1.33 bits per heavy atom. The number of para-hydroxylation sites is 1. The third kappa shape index (κ3) is 4.06. The Hall–Kier alpha value is -1.63. The van der Waals surface area contributed by atoms with Crippen molar-refractivity contribution in [3.8, 4) is 5.75 Å². The van der Waals surface area contributed by atoms with Gasteiger partial charge in [-0.25, -0.2) is 0 Å². The van der Waals surface area contributed by atoms with Crippen LogP contribution in [0.3, 0.4) is 0 Å². The summed E-state index contributed by atoms with van der Waals surface area (Å²) < 4.78 is 5.75. The first-order valence-electron chi connectivity index (χ1n) is 8.53. The molecule has 2 aliphatic rings. The van der Waals surface area contributed by atoms with E-state index in [1.807, 2.05) is 43.3 Å². The van der Waals surface area contributed by atoms with Gasteiger partial charge in [-0.3, -0.25) is 9.69 Å². The molecular formula is C18H27N3O3. The molecule has 24 heavy (non-hydrogen) atoms. The molecule has 1 N–H and O–H groups in total. The Kier molecular flexibility index (Phi) is 5.08. The van der Waals surface area contributed by atoms with Gasteiger partial charge in [0.25, 0.3) is 0 Å². The average Bonchev–Trinajstić information content (AvgIpc) is 2.78. The van der Waals surface area contributed by atoms with Gasteiger partial charge in [0.2, 0.25) is 5.91 Å². The van der Waals surface area contributed by atoms with Crippen LogP contribution in [0.2, 0.25) is 0 Å². The predicted molar refractivity (Wildman–Crippen MR) is 91.9 cm³/mol. The molecule has 2 aliphatic heterocycles. The summed E-state index contributed by atoms with van der Waals surface area (Å²) in [6.45, 7) is 4.05. The third-order valence-electron chi connectivity index (χ3n) is 4.69. The van der Waals surface area contributed by atoms with Gasteiger partial charge in [0.05, 0.1) is 18.7 Å². The first kappa shape index (κ1) is 17.2. The quantitative estimate of drug-likeness (QED) is 0.865. The number of β-amino-alcohol motifs (C(OH)–C–C–N with tert-alkyl or cyclic N) is 1. The van der Waals surface area contributed by atoms with E-state index in [1.54, 1.807) is 4.90 Å². The first-order chi connectivity index (χ1) is 11.5. The lowest BCUT2D eigenvalue weighted by atomic mass is 10.0. The van der Waals surface area contributed by atoms with Crippen LogP contribution in [-0.4, -0.2) is 84.7 Å². The Bertz CT molecular complexity index is 593. The molecule has 0 aromatic heterocycles. The minimum atomic E-state index is -0.784. The van der Waals surface area contributed by atoms with Gasteiger partial charge in [-0.2, -0.15) is 0 Å². The van der Waals surface area contributed by atoms with Crippen LogP contribution in [0.4, 0.5) is 0 Å². The highest BCUT2D eigenvalue weighted by Crippen LogP contribution is 2.24. The molecule has 1 aromatic rings. The summed E-state index contributed by atoms with van der Waals surface area (Å²) >= 11 is 0. The molecule has 1 fully saturated rings. The largest absolute Gasteiger partial charge is 0.492 e. The second-order valence-corrected chi connectivity index (χ2v) is 7.19. The smallest absolute Gasteiger partial charge is 0.236 e. The predicted octanol–water partition coefficient (Wildman–Crippen LogP) is 0.406. The van der Waals surface area contributed by atoms with E-state index >= 15 is 0 Å². The molecule has 0 spiro atoms. The highest BCUT2D eigenvalue weighted by atomic mass is 16.5. The van der Waals surface area contributed by atoms with Gasteiger partial charge in [0, 0.05) is 31.7 Å². The van der Waals surface area contributed by atoms with Crippen molar-refractivity contribution < 1.29 is 14.6 Å². The number of hydrogen-bond acceptors (Lipinski definition) is 5. The van der Waals surface area contributed by atoms with E-state index in [4.69, 9.17) is 4.74 Å². The monoisotopic (exact) mass is 333 g/mol. The number of carbonyl (C=O) groups excluding carboxylic acids is 1. The molecule has 0 bridgehead atoms. The molecule has 6 heteroatoms. The number of hydrogen-bond donors (Lipinski definition) is 1. The number of fused-ring (bicyclic) bond motifs is 1. The maximum absolute atomic E-state index is 12.6. The van der Waals surface area contributed by atoms with E-state index in [-0.39, 0.29) is 5.91 Å². The number of nitrogens with zero attached hydrogens (tertiary/aromatic N) is 3. The molecule has 1 amide bonds. The Balaban J connectivity index is 1.58. The van der Waals surface area contributed by atoms with Gasteiger partial charge < -0.3 is 19.6 Å². The number of carbonyl (C=O) groups is 1. The van der Waals surface area contributed by atoms with Crippen molar-refractivity contribution in [3.63, 3.8) is 0 Å². The molecule has 6 nitrogen and oxygen atoms in total. The molecule has 2 heterocycles. The maximum Gasteiger partial charge on any atom is 0.236 e. The van der Waals surface area contributed by atoms with Crippen LogP contribution in [0, 0.1) is 0 Å². The SMILES string of the molecule is CN(C)CC1(O)CCN(C(=O)CN2CCOc3ccccc3C2)C1. The van der Waals surface area contributed by atoms with E-state index in [1.165, 1.54) is 0 Å². The number of likely N-dealkylation sites (N-methyl/N-ethyl adjacent to an activating group) is 1. The fraction of sp³-hybridized carbons (Fsp3) is 0.611. The van der Waals surface area contributed by atoms with Gasteiger partial charge >= 0.3 is 0 Å². The number of ether oxygens (including phenoxy) is 1. The molecule has 3 rings (SSSR count). The highest BCUT2D eigenvalue weighted by molar-refractivity contribution is 5.78. The first-order valence-corrected chi connectivity index (χ1v) is 8.53. The Morgan fingerprint density at radius 2 is 2.12 bits per heavy atom. The van der Waals surface area contributed by atoms with Crippen LogP contribution < -0.4 is 4.74 Å². The number of aliphatic hydroxyl groups is 1. The third-order valence-corrected chi connectivity index (χ3v) is 4.69. The summed E-state index contributed by atoms with van der Waals surface area (Å²) in [6, 6.07) is 7.98. The lowest BCUT2D eigenvalue weighted by molar-refractivity contribution is -0.132. The van der Waals surface area contributed by atoms with Crippen LogP contribution in [-0.2, 0) is 11.3 Å². The molecule has 1 unspecified atom stereocenters. The van der Waals surface area contributed by atoms with E-state index < -0.39 is 5.60 Å². The second kappa shape index (κ2) is 7.09. The normalized spacial score (nSPS) is 24.6. The molecule has 0 aliphatic carbocycles. The molecule has 132 valence electrons. The van der Waals surface area contributed by atoms with Gasteiger partial charge in [0.15, 0.2) is 0 Å². The van der Waals surface area contributed by atoms with Crippen molar-refractivity contribution in [2.24, 2.45) is 0 Å². The highest BCUT2D eigenvalue weighted by Gasteiger charge is 2.38. The lowest BCUT2D eigenvalue weighted by Crippen LogP contribution is -2.45. The zero-order chi connectivity index (χ0) is 17.2. The van der Waals surface area contributed by atoms with Gasteiger partial charge in [-0.15, -0.1) is 0 Å². The van der Waals surface area contributed by atoms with E-state index in [9.17, 15) is 9.90 Å². The molecule has 1 atom stereocenters. The minimum Gasteiger partial charge on any atom is -0.492 e. The standard InChI is InChI=1S/C18H27N3O3/c1-19(2)13-18(23)7-8-21(14-18)17(22)12-20-9-10-24-16-6-4-3-5-15(16)11-20/h3-6,23H,7-14H2,1-2H3. The second-order valence-electron chi connectivity index (χ2n) is 7.19. The van der Waals surface area contributed by atoms with Crippen molar-refractivity contribution >= 4 is 5.91 Å². The van der Waals surface area contributed by atoms with Gasteiger partial charge in [0.1, 0.15) is 12.4 Å². The average molecular weight is 333 g/mol. The molecular weight excluding hydrogens is 306 g/mol. The number of rotatable bonds is 4. The molecule has 1 aromatic carbocycles. The molecule has 1 saturated heterocycles. The Morgan fingerprint density at radius 3 is 2.92 bits per heavy atom. The maximum atomic E-state index is 12.6. The fourth-order valence-corrected chi connectivity index (χ4v) is 3.59. The van der Waals surface area contributed by atoms with Crippen molar-refractivity contribution in [1.29, 1.82) is 0 Å². The van der Waals surface area contributed by atoms with Crippen molar-refractivity contribution in [2.45, 2.75) is 18.6 Å². The fourth-order valence-electron chi connectivity index (χ4n) is 3.59. The van der Waals surface area contributed by atoms with Crippen LogP contribution >= 0.6 is 0 Å². The number of amides is 1. The number of benzene rings is 1. The van der Waals surface area contributed by atoms with Crippen molar-refractivity contribution in [2.75, 3.05) is 53.4 Å². The van der Waals surface area contributed by atoms with Crippen LogP contribution in [0.5, 0.6) is 5.75 Å². The Labute approximate surface area is 143 Å². The van der Waals surface area contributed by atoms with E-state index in [2.05, 4.69) is 4.90 Å². The summed E-state index contributed by atoms with van der Waals surface area (Å²) in [5, 5.41) is 10.6. The van der Waals surface area contributed by atoms with E-state index in [0.29, 0.717) is 39.2 Å². The van der Waals surface area contributed by atoms with Gasteiger partial charge in [-0.05, 0) is 26.6 Å². The zero-order valence-electron chi connectivity index (χ0n) is 14.6. The molecule has 0 saturated carbocycles. The van der Waals surface area contributed by atoms with Crippen molar-refractivity contribution in [3.05, 3.63) is 29.8 Å². The minimum absolute atomic E-state index is 0.0871. The van der Waals surface area contributed by atoms with Crippen LogP contribution in [0.25, 0.3) is 0 Å². The van der Waals surface area contributed by atoms with Crippen LogP contribution in [0.15, 0.2) is 24.3 Å². The van der Waals surface area contributed by atoms with Crippen LogP contribution in [0.1, 0.15) is 12.0 Å².